The predicted molar refractivity (Wildman–Crippen MR) is 7.13 cm³/mol. The van der Waals surface area contributed by atoms with Crippen molar-refractivity contribution in [2.45, 2.75) is 0 Å². The van der Waals surface area contributed by atoms with Crippen LogP contribution in [0.3, 0.4) is 0 Å². The Labute approximate surface area is 190 Å². The average molecular weight is 435 g/mol. The molecule has 0 amide bonds. The van der Waals surface area contributed by atoms with Gasteiger partial charge in [0.25, 0.3) is 0 Å². The van der Waals surface area contributed by atoms with Crippen LogP contribution in [0.4, 0.5) is 0 Å². The Kier molecular flexibility index (Phi) is 141. The minimum atomic E-state index is 0. The van der Waals surface area contributed by atoms with E-state index in [4.69, 9.17) is 0 Å². The van der Waals surface area contributed by atoms with E-state index in [9.17, 15) is 0 Å². The van der Waals surface area contributed by atoms with Gasteiger partial charge in [-0.2, -0.15) is 0 Å². The monoisotopic (exact) mass is 436 g/mol. The van der Waals surface area contributed by atoms with Gasteiger partial charge in [0.15, 0.2) is 0 Å². The maximum atomic E-state index is 0. The molecule has 0 aliphatic carbocycles. The van der Waals surface area contributed by atoms with Crippen LogP contribution in [0.5, 0.6) is 0 Å². The predicted octanol–water partition coefficient (Wildman–Crippen LogP) is -6.61. The summed E-state index contributed by atoms with van der Waals surface area (Å²) in [6, 6.07) is 0. The van der Waals surface area contributed by atoms with Crippen molar-refractivity contribution < 1.29 is 149 Å². The molecule has 0 saturated carbocycles. The first-order chi connectivity index (χ1) is 0. The summed E-state index contributed by atoms with van der Waals surface area (Å²) in [6.45, 7) is 0. The normalized spacial score (nSPS) is 0. The van der Waals surface area contributed by atoms with Gasteiger partial charge in [-0.05, 0) is 0 Å². The molecule has 0 bridgehead atoms. The summed E-state index contributed by atoms with van der Waals surface area (Å²) in [6.07, 6.45) is 0. The SMILES string of the molecule is [Ba+2].[Cs+].[Cs+].[O-2].[O-2]. The van der Waals surface area contributed by atoms with E-state index in [1.165, 1.54) is 0 Å². The summed E-state index contributed by atoms with van der Waals surface area (Å²) in [5.41, 5.74) is 0. The Morgan fingerprint density at radius 3 is 0.600 bits per heavy atom. The Bertz CT molecular complexity index is 7.61. The zero-order valence-electron chi connectivity index (χ0n) is 3.52. The Balaban J connectivity index is 0. The first-order valence-corrected chi connectivity index (χ1v) is 0. The molecular weight excluding hydrogens is 435 g/mol. The maximum absolute atomic E-state index is 0. The van der Waals surface area contributed by atoms with Crippen LogP contribution in [0, 0.1) is 0 Å². The van der Waals surface area contributed by atoms with Crippen LogP contribution in [-0.4, -0.2) is 48.9 Å². The van der Waals surface area contributed by atoms with Gasteiger partial charge in [-0.1, -0.05) is 0 Å². The first-order valence-electron chi connectivity index (χ1n) is 0. The van der Waals surface area contributed by atoms with E-state index in [-0.39, 0.29) is 198 Å². The quantitative estimate of drug-likeness (QED) is 0.340. The van der Waals surface area contributed by atoms with Gasteiger partial charge in [0.1, 0.15) is 0 Å². The van der Waals surface area contributed by atoms with E-state index in [0.29, 0.717) is 0 Å². The number of rotatable bonds is 0. The van der Waals surface area contributed by atoms with Gasteiger partial charge in [-0.25, -0.2) is 0 Å². The molecule has 0 N–H and O–H groups in total. The van der Waals surface area contributed by atoms with E-state index >= 15 is 0 Å². The standard InChI is InChI=1S/Ba.2Cs.2O/q+2;2*+1;2*-2. The van der Waals surface area contributed by atoms with Crippen molar-refractivity contribution in [3.05, 3.63) is 0 Å². The maximum Gasteiger partial charge on any atom is 2.00 e. The van der Waals surface area contributed by atoms with E-state index < -0.39 is 0 Å². The molecule has 0 saturated heterocycles. The molecule has 5 heavy (non-hydrogen) atoms. The van der Waals surface area contributed by atoms with Crippen molar-refractivity contribution >= 4 is 48.9 Å². The van der Waals surface area contributed by atoms with Gasteiger partial charge in [-0.3, -0.25) is 0 Å². The van der Waals surface area contributed by atoms with Crippen molar-refractivity contribution in [3.63, 3.8) is 0 Å². The zero-order chi connectivity index (χ0) is 0. The molecule has 0 heterocycles. The molecule has 0 aliphatic heterocycles. The van der Waals surface area contributed by atoms with Crippen molar-refractivity contribution in [1.82, 2.24) is 0 Å². The van der Waals surface area contributed by atoms with Crippen molar-refractivity contribution in [1.29, 1.82) is 0 Å². The molecular formula is BaCs2O2. The molecule has 0 aromatic carbocycles. The van der Waals surface area contributed by atoms with Crippen LogP contribution in [0.1, 0.15) is 0 Å². The Morgan fingerprint density at radius 2 is 0.600 bits per heavy atom. The summed E-state index contributed by atoms with van der Waals surface area (Å²) in [4.78, 5) is 0. The van der Waals surface area contributed by atoms with Gasteiger partial charge < -0.3 is 11.0 Å². The first kappa shape index (κ1) is 31.2. The van der Waals surface area contributed by atoms with Crippen molar-refractivity contribution in [2.75, 3.05) is 0 Å². The van der Waals surface area contributed by atoms with Crippen LogP contribution in [-0.2, 0) is 11.0 Å². The zero-order valence-corrected chi connectivity index (χ0v) is 20.5. The number of hydrogen-bond acceptors (Lipinski definition) is 0. The molecule has 0 rings (SSSR count). The van der Waals surface area contributed by atoms with Gasteiger partial charge >= 0.3 is 187 Å². The topological polar surface area (TPSA) is 57.0 Å². The van der Waals surface area contributed by atoms with Crippen LogP contribution in [0.15, 0.2) is 0 Å². The van der Waals surface area contributed by atoms with Gasteiger partial charge in [0, 0.05) is 0 Å². The molecule has 0 aromatic rings. The van der Waals surface area contributed by atoms with E-state index in [2.05, 4.69) is 0 Å². The molecule has 5 heteroatoms. The molecule has 0 radical (unpaired) electrons. The molecule has 0 unspecified atom stereocenters. The fraction of sp³-hybridized carbons (Fsp3) is 0. The summed E-state index contributed by atoms with van der Waals surface area (Å²) in [7, 11) is 0. The third kappa shape index (κ3) is 17.7. The van der Waals surface area contributed by atoms with E-state index in [1.54, 1.807) is 0 Å². The molecule has 16 valence electrons. The minimum absolute atomic E-state index is 0. The fourth-order valence-electron chi connectivity index (χ4n) is 0. The van der Waals surface area contributed by atoms with E-state index in [1.807, 2.05) is 0 Å². The van der Waals surface area contributed by atoms with Gasteiger partial charge in [-0.15, -0.1) is 0 Å². The number of hydrogen-bond donors (Lipinski definition) is 0. The Morgan fingerprint density at radius 1 is 0.600 bits per heavy atom. The largest absolute Gasteiger partial charge is 2.00 e. The Hall–Kier alpha value is 5.60. The summed E-state index contributed by atoms with van der Waals surface area (Å²) in [5.74, 6) is 0. The average Bonchev–Trinajstić information content (AvgIpc) is 0. The fourth-order valence-corrected chi connectivity index (χ4v) is 0. The second-order valence-corrected chi connectivity index (χ2v) is 0. The molecule has 0 atom stereocenters. The summed E-state index contributed by atoms with van der Waals surface area (Å²) < 4.78 is 0. The molecule has 0 fully saturated rings. The van der Waals surface area contributed by atoms with Gasteiger partial charge in [0.2, 0.25) is 0 Å². The second-order valence-electron chi connectivity index (χ2n) is 0. The molecule has 0 spiro atoms. The summed E-state index contributed by atoms with van der Waals surface area (Å²) >= 11 is 0. The molecule has 0 aliphatic rings. The van der Waals surface area contributed by atoms with Crippen LogP contribution in [0.2, 0.25) is 0 Å². The third-order valence-corrected chi connectivity index (χ3v) is 0. The van der Waals surface area contributed by atoms with Crippen molar-refractivity contribution in [3.8, 4) is 0 Å². The van der Waals surface area contributed by atoms with Crippen LogP contribution >= 0.6 is 0 Å². The summed E-state index contributed by atoms with van der Waals surface area (Å²) in [5, 5.41) is 0. The third-order valence-electron chi connectivity index (χ3n) is 0. The minimum Gasteiger partial charge on any atom is -2.00 e. The van der Waals surface area contributed by atoms with Crippen LogP contribution < -0.4 is 138 Å². The molecule has 2 nitrogen and oxygen atoms in total. The van der Waals surface area contributed by atoms with E-state index in [0.717, 1.165) is 0 Å². The smallest absolute Gasteiger partial charge is 2.00 e. The van der Waals surface area contributed by atoms with Gasteiger partial charge in [0.05, 0.1) is 0 Å². The second kappa shape index (κ2) is 22.6. The van der Waals surface area contributed by atoms with Crippen LogP contribution in [0.25, 0.3) is 0 Å². The van der Waals surface area contributed by atoms with Crippen molar-refractivity contribution in [2.24, 2.45) is 0 Å². The molecule has 0 aromatic heterocycles.